The van der Waals surface area contributed by atoms with Crippen molar-refractivity contribution in [3.8, 4) is 50.1 Å². The highest BCUT2D eigenvalue weighted by atomic mass is 32.2. The van der Waals surface area contributed by atoms with Gasteiger partial charge in [-0.3, -0.25) is 9.59 Å². The van der Waals surface area contributed by atoms with E-state index >= 15 is 18.4 Å². The third kappa shape index (κ3) is 13.8. The Hall–Kier alpha value is -2.76. The summed E-state index contributed by atoms with van der Waals surface area (Å²) in [7, 11) is 0. The van der Waals surface area contributed by atoms with Crippen LogP contribution in [-0.2, 0) is 30.1 Å². The Morgan fingerprint density at radius 2 is 0.944 bits per heavy atom. The molecule has 8 heterocycles. The summed E-state index contributed by atoms with van der Waals surface area (Å²) in [6, 6.07) is 15.0. The lowest BCUT2D eigenvalue weighted by Crippen LogP contribution is -2.29. The van der Waals surface area contributed by atoms with Crippen LogP contribution in [-0.4, -0.2) is 23.1 Å². The smallest absolute Gasteiger partial charge is 0.197 e. The van der Waals surface area contributed by atoms with Crippen LogP contribution in [0.5, 0.6) is 0 Å². The van der Waals surface area contributed by atoms with Crippen LogP contribution in [0.1, 0.15) is 250 Å². The number of carbonyl (C=O) groups excluding carboxylic acids is 2. The van der Waals surface area contributed by atoms with Crippen LogP contribution in [0.15, 0.2) is 50.9 Å². The molecule has 2 nitrogen and oxygen atoms in total. The number of hydrogen-bond acceptors (Lipinski definition) is 12. The fourth-order valence-corrected chi connectivity index (χ4v) is 26.7. The molecule has 482 valence electrons. The number of halogens is 2. The van der Waals surface area contributed by atoms with Crippen molar-refractivity contribution in [2.75, 3.05) is 11.5 Å². The normalized spacial score (nSPS) is 15.3. The highest BCUT2D eigenvalue weighted by Crippen LogP contribution is 2.59. The number of unbranched alkanes of at least 4 members (excludes halogenated alkanes) is 4. The molecule has 0 radical (unpaired) electrons. The first-order valence-electron chi connectivity index (χ1n) is 33.8. The van der Waals surface area contributed by atoms with Gasteiger partial charge >= 0.3 is 0 Å². The van der Waals surface area contributed by atoms with E-state index in [2.05, 4.69) is 120 Å². The van der Waals surface area contributed by atoms with Gasteiger partial charge < -0.3 is 0 Å². The predicted octanol–water partition coefficient (Wildman–Crippen LogP) is 28.1. The minimum absolute atomic E-state index is 0.0216. The van der Waals surface area contributed by atoms with E-state index in [9.17, 15) is 0 Å². The number of hydrogen-bond donors (Lipinski definition) is 0. The fraction of sp³-hybridized carbons (Fsp3) is 0.526. The van der Waals surface area contributed by atoms with Gasteiger partial charge in [-0.1, -0.05) is 180 Å². The standard InChI is InChI=1S/C76H92F2O2S10/c1-14-22-26-42(18-5)32-54-62-63(55(84-54)33-43(19-6)27-23-15-2)67(80)65-64(66(62)79)70(90-71(65)58-34-46-39-76(12,13)72(46)86-58)52-31-30-51(83-52)53-35-47-60(56-37-49(77)73(87-56)81-40-44(20-7)28-24-16-3)69-48(36-59(89-69)75(9,10)11)61(68(47)85-53)57-38-50(78)74(88-57)82-41-45(21-8)29-25-17-4/h30-31,34-38,42-45H,14-29,32-33,39-41H2,1-13H3. The van der Waals surface area contributed by atoms with Gasteiger partial charge in [0, 0.05) is 108 Å². The van der Waals surface area contributed by atoms with Gasteiger partial charge in [-0.15, -0.1) is 114 Å². The molecule has 90 heavy (non-hydrogen) atoms. The summed E-state index contributed by atoms with van der Waals surface area (Å²) in [5.74, 6) is 3.50. The molecule has 11 rings (SSSR count). The zero-order valence-corrected chi connectivity index (χ0v) is 63.5. The Kier molecular flexibility index (Phi) is 22.3. The molecule has 0 bridgehead atoms. The van der Waals surface area contributed by atoms with E-state index in [1.165, 1.54) is 28.2 Å². The van der Waals surface area contributed by atoms with Crippen molar-refractivity contribution >= 4 is 146 Å². The SMILES string of the molecule is CCCCC(CC)CSc1sc(-c2c3cc(C(C)(C)C)sc3c(-c3cc(F)c(SCC(CC)CCCC)s3)c3cc(-c4ccc(-c5sc(-c6cc7c(s6)C(C)(C)C7)c6c5C(=O)c5c(CC(CC)CCCC)sc(CC(CC)CCCC)c5C6=O)s4)sc23)cc1F. The molecule has 0 N–H and O–H groups in total. The number of thioether (sulfide) groups is 2. The maximum absolute atomic E-state index is 16.7. The molecule has 0 spiro atoms. The van der Waals surface area contributed by atoms with Crippen LogP contribution >= 0.6 is 114 Å². The Morgan fingerprint density at radius 1 is 0.478 bits per heavy atom. The summed E-state index contributed by atoms with van der Waals surface area (Å²) in [4.78, 5) is 45.0. The van der Waals surface area contributed by atoms with Crippen molar-refractivity contribution in [2.24, 2.45) is 23.7 Å². The van der Waals surface area contributed by atoms with Gasteiger partial charge in [0.1, 0.15) is 11.6 Å². The largest absolute Gasteiger partial charge is 0.288 e. The van der Waals surface area contributed by atoms with Gasteiger partial charge in [0.2, 0.25) is 0 Å². The number of rotatable bonds is 31. The second-order valence-electron chi connectivity index (χ2n) is 27.5. The molecule has 9 aromatic rings. The number of carbonyl (C=O) groups is 2. The first-order valence-corrected chi connectivity index (χ1v) is 42.3. The van der Waals surface area contributed by atoms with E-state index < -0.39 is 0 Å². The number of thiophene rings is 8. The van der Waals surface area contributed by atoms with Crippen LogP contribution in [0.3, 0.4) is 0 Å². The Morgan fingerprint density at radius 3 is 1.41 bits per heavy atom. The summed E-state index contributed by atoms with van der Waals surface area (Å²) >= 11 is 17.0. The second kappa shape index (κ2) is 29.3. The predicted molar refractivity (Wildman–Crippen MR) is 402 cm³/mol. The van der Waals surface area contributed by atoms with Crippen molar-refractivity contribution in [1.29, 1.82) is 0 Å². The first kappa shape index (κ1) is 68.6. The summed E-state index contributed by atoms with van der Waals surface area (Å²) < 4.78 is 37.1. The maximum Gasteiger partial charge on any atom is 0.197 e. The Balaban J connectivity index is 1.08. The minimum atomic E-state index is -0.156. The monoisotopic (exact) mass is 1390 g/mol. The average molecular weight is 1400 g/mol. The average Bonchev–Trinajstić information content (AvgIpc) is 1.55. The van der Waals surface area contributed by atoms with Crippen LogP contribution in [0.2, 0.25) is 0 Å². The third-order valence-corrected chi connectivity index (χ3v) is 32.8. The number of ketones is 2. The van der Waals surface area contributed by atoms with Crippen molar-refractivity contribution in [3.63, 3.8) is 0 Å². The molecule has 0 fully saturated rings. The van der Waals surface area contributed by atoms with E-state index in [1.54, 1.807) is 115 Å². The third-order valence-electron chi connectivity index (χ3n) is 19.2. The fourth-order valence-electron chi connectivity index (χ4n) is 13.5. The van der Waals surface area contributed by atoms with Gasteiger partial charge in [0.15, 0.2) is 11.6 Å². The highest BCUT2D eigenvalue weighted by molar-refractivity contribution is 8.01. The van der Waals surface area contributed by atoms with Crippen LogP contribution in [0.4, 0.5) is 8.78 Å². The van der Waals surface area contributed by atoms with Gasteiger partial charge in [-0.05, 0) is 109 Å². The molecule has 8 aromatic heterocycles. The van der Waals surface area contributed by atoms with E-state index in [0.29, 0.717) is 45.9 Å². The summed E-state index contributed by atoms with van der Waals surface area (Å²) in [6.45, 7) is 29.5. The molecule has 14 heteroatoms. The van der Waals surface area contributed by atoms with Crippen molar-refractivity contribution in [1.82, 2.24) is 0 Å². The molecule has 2 aliphatic carbocycles. The molecule has 2 aliphatic rings. The molecule has 0 saturated heterocycles. The zero-order chi connectivity index (χ0) is 63.9. The van der Waals surface area contributed by atoms with E-state index in [1.807, 2.05) is 11.3 Å². The molecule has 0 amide bonds. The molecule has 4 atom stereocenters. The topological polar surface area (TPSA) is 34.1 Å². The lowest BCUT2D eigenvalue weighted by molar-refractivity contribution is 0.0980. The van der Waals surface area contributed by atoms with Crippen molar-refractivity contribution in [2.45, 2.75) is 231 Å². The quantitative estimate of drug-likeness (QED) is 0.0406. The van der Waals surface area contributed by atoms with Crippen molar-refractivity contribution in [3.05, 3.63) is 101 Å². The lowest BCUT2D eigenvalue weighted by atomic mass is 9.73. The molecular weight excluding hydrogens is 1300 g/mol. The van der Waals surface area contributed by atoms with Crippen LogP contribution in [0.25, 0.3) is 70.3 Å². The first-order chi connectivity index (χ1) is 43.3. The van der Waals surface area contributed by atoms with Gasteiger partial charge in [-0.25, -0.2) is 8.78 Å². The van der Waals surface area contributed by atoms with Gasteiger partial charge in [0.05, 0.1) is 29.3 Å². The maximum atomic E-state index is 16.7. The summed E-state index contributed by atoms with van der Waals surface area (Å²) in [5.41, 5.74) is 5.97. The van der Waals surface area contributed by atoms with Crippen molar-refractivity contribution < 1.29 is 18.4 Å². The molecule has 1 aromatic carbocycles. The Labute approximate surface area is 576 Å². The van der Waals surface area contributed by atoms with Gasteiger partial charge in [0.25, 0.3) is 0 Å². The number of benzene rings is 1. The zero-order valence-electron chi connectivity index (χ0n) is 55.4. The summed E-state index contributed by atoms with van der Waals surface area (Å²) in [6.07, 6.45) is 20.7. The Bertz CT molecular complexity index is 3900. The second-order valence-corrected chi connectivity index (χ2v) is 38.6. The van der Waals surface area contributed by atoms with E-state index in [-0.39, 0.29) is 34.0 Å². The molecule has 4 unspecified atom stereocenters. The highest BCUT2D eigenvalue weighted by Gasteiger charge is 2.44. The van der Waals surface area contributed by atoms with E-state index in [4.69, 9.17) is 0 Å². The van der Waals surface area contributed by atoms with E-state index in [0.717, 1.165) is 209 Å². The van der Waals surface area contributed by atoms with Crippen LogP contribution < -0.4 is 0 Å². The lowest BCUT2D eigenvalue weighted by Gasteiger charge is -2.34. The molecular formula is C76H92F2O2S10. The minimum Gasteiger partial charge on any atom is -0.288 e. The molecule has 0 saturated carbocycles. The molecule has 0 aliphatic heterocycles. The number of fused-ring (bicyclic) bond motifs is 5. The van der Waals surface area contributed by atoms with Crippen LogP contribution in [0, 0.1) is 35.3 Å². The summed E-state index contributed by atoms with van der Waals surface area (Å²) in [5, 5.41) is 2.15. The van der Waals surface area contributed by atoms with Gasteiger partial charge in [-0.2, -0.15) is 0 Å².